The number of fused-ring (bicyclic) bond motifs is 25. The first-order valence-corrected chi connectivity index (χ1v) is 63.3. The fraction of sp³-hybridized carbons (Fsp3) is 0.992. The molecule has 12 N–H and O–H groups in total. The van der Waals surface area contributed by atoms with Crippen LogP contribution in [0.5, 0.6) is 0 Å². The first-order valence-electron chi connectivity index (χ1n) is 63.3. The van der Waals surface area contributed by atoms with E-state index in [2.05, 4.69) is 166 Å². The third kappa shape index (κ3) is 19.5. The second-order valence-corrected chi connectivity index (χ2v) is 59.7. The zero-order valence-corrected chi connectivity index (χ0v) is 96.5. The highest BCUT2D eigenvalue weighted by Crippen LogP contribution is 2.78. The lowest BCUT2D eigenvalue weighted by molar-refractivity contribution is -0.235. The number of carboxylic acids is 1. The smallest absolute Gasteiger partial charge is 0.303 e. The highest BCUT2D eigenvalue weighted by atomic mass is 16.4. The predicted octanol–water partition coefficient (Wildman–Crippen LogP) is 28.3. The Hall–Kier alpha value is -0.970. The normalized spacial score (nSPS) is 54.1. The minimum Gasteiger partial charge on any atom is -0.481 e. The number of hydrogen-bond acceptors (Lipinski definition) is 12. The molecule has 13 heteroatoms. The molecular weight excluding hydrogens is 1770 g/mol. The molecule has 0 spiro atoms. The van der Waals surface area contributed by atoms with Crippen LogP contribution in [0, 0.1) is 261 Å². The summed E-state index contributed by atoms with van der Waals surface area (Å²) in [5, 5.41) is 131. The Balaban J connectivity index is 0.000000128. The van der Waals surface area contributed by atoms with Crippen LogP contribution < -0.4 is 0 Å². The summed E-state index contributed by atoms with van der Waals surface area (Å²) in [6.45, 7) is 58.0. The van der Waals surface area contributed by atoms with Crippen LogP contribution in [0.2, 0.25) is 0 Å². The molecule has 0 aromatic heterocycles. The number of aliphatic carboxylic acids is 1. The van der Waals surface area contributed by atoms with Crippen molar-refractivity contribution in [2.45, 2.75) is 548 Å². The fourth-order valence-corrected chi connectivity index (χ4v) is 48.0. The average Bonchev–Trinajstić information content (AvgIpc) is 1.69. The van der Waals surface area contributed by atoms with Gasteiger partial charge in [-0.1, -0.05) is 250 Å². The van der Waals surface area contributed by atoms with Gasteiger partial charge in [0.05, 0.1) is 67.1 Å². The molecule has 826 valence electrons. The monoisotopic (exact) mass is 2000 g/mol. The van der Waals surface area contributed by atoms with E-state index < -0.39 is 18.2 Å². The van der Waals surface area contributed by atoms with Crippen LogP contribution in [-0.4, -0.2) is 134 Å². The van der Waals surface area contributed by atoms with Gasteiger partial charge in [0.1, 0.15) is 0 Å². The zero-order valence-electron chi connectivity index (χ0n) is 96.5. The average molecular weight is 2000 g/mol. The van der Waals surface area contributed by atoms with Gasteiger partial charge < -0.3 is 61.3 Å². The van der Waals surface area contributed by atoms with E-state index in [-0.39, 0.29) is 95.9 Å². The van der Waals surface area contributed by atoms with E-state index in [1.165, 1.54) is 180 Å². The van der Waals surface area contributed by atoms with Crippen molar-refractivity contribution >= 4 is 5.97 Å². The van der Waals surface area contributed by atoms with E-state index in [1.54, 1.807) is 0 Å². The van der Waals surface area contributed by atoms with Crippen LogP contribution in [0.15, 0.2) is 0 Å². The Kier molecular flexibility index (Phi) is 35.7. The molecular formula is C130H228O13. The van der Waals surface area contributed by atoms with Gasteiger partial charge in [-0.15, -0.1) is 0 Å². The quantitative estimate of drug-likeness (QED) is 0.0511. The van der Waals surface area contributed by atoms with Crippen molar-refractivity contribution in [3.05, 3.63) is 0 Å². The largest absolute Gasteiger partial charge is 0.481 e. The van der Waals surface area contributed by atoms with Crippen LogP contribution in [0.4, 0.5) is 0 Å². The number of carbonyl (C=O) groups is 1. The molecule has 20 saturated carbocycles. The van der Waals surface area contributed by atoms with Crippen LogP contribution in [0.3, 0.4) is 0 Å². The Morgan fingerprint density at radius 1 is 0.238 bits per heavy atom. The molecule has 0 amide bonds. The van der Waals surface area contributed by atoms with Crippen molar-refractivity contribution in [2.24, 2.45) is 261 Å². The molecule has 20 rings (SSSR count). The second kappa shape index (κ2) is 44.6. The van der Waals surface area contributed by atoms with Gasteiger partial charge in [0.2, 0.25) is 0 Å². The number of carboxylic acid groups (broad SMARTS) is 1. The maximum absolute atomic E-state index is 11.7. The summed E-state index contributed by atoms with van der Waals surface area (Å²) in [5.41, 5.74) is 3.00. The maximum Gasteiger partial charge on any atom is 0.303 e. The molecule has 143 heavy (non-hydrogen) atoms. The molecule has 0 saturated heterocycles. The third-order valence-electron chi connectivity index (χ3n) is 54.5. The molecule has 0 radical (unpaired) electrons. The lowest BCUT2D eigenvalue weighted by Gasteiger charge is -2.66. The SMILES string of the molecule is CCC[C@@H](C)[C@H]1CCC2C3C(CC[C@@]21C)[C@@]1(C)CC[C@@H](O)C[C@H]1[C@@H](CC)[C@H]3O.CCC[C@@H](C)[C@H]1CCC2C3C(CC[C@@]21C)[C@@]1(C)CC[C@@H](O)C[C@H]1[C@@H](CC)[C@H]3O.CCC[C@@H](C)[C@H]1CCC2C3C(CC[C@@]21C)[C@@]1(C)CC[C@@H](O)C[C@H]1[C@@H](CC)[C@H]3O.CCC[C@@H](C)[C@H]1CCC2C3C(CC[C@@]21C)[C@@]1(C)CC[C@@H](O)C[C@H]1[C@@H](CC)[C@H]3O.CC[C@H]1[C@@H](O)C2C3CC[C@H]([C@H](C)CCC(=O)O)[C@@]3(C)C[C@H](O)C2[C@@]2(C)CC[C@@H](O)C[C@@H]12. The number of rotatable bonds is 21. The van der Waals surface area contributed by atoms with Gasteiger partial charge >= 0.3 is 5.97 Å². The first-order chi connectivity index (χ1) is 67.6. The van der Waals surface area contributed by atoms with Gasteiger partial charge in [-0.05, 0) is 486 Å². The summed E-state index contributed by atoms with van der Waals surface area (Å²) in [4.78, 5) is 11.1. The predicted molar refractivity (Wildman–Crippen MR) is 583 cm³/mol. The summed E-state index contributed by atoms with van der Waals surface area (Å²) in [7, 11) is 0. The van der Waals surface area contributed by atoms with Crippen molar-refractivity contribution < 1.29 is 66.1 Å². The van der Waals surface area contributed by atoms with Crippen molar-refractivity contribution in [1.82, 2.24) is 0 Å². The molecule has 0 heterocycles. The van der Waals surface area contributed by atoms with Crippen molar-refractivity contribution in [3.63, 3.8) is 0 Å². The molecule has 20 aliphatic rings. The van der Waals surface area contributed by atoms with Gasteiger partial charge in [-0.2, -0.15) is 0 Å². The van der Waals surface area contributed by atoms with Gasteiger partial charge in [0, 0.05) is 6.42 Å². The summed E-state index contributed by atoms with van der Waals surface area (Å²) in [6, 6.07) is 0. The van der Waals surface area contributed by atoms with Crippen molar-refractivity contribution in [2.75, 3.05) is 0 Å². The first kappa shape index (κ1) is 115. The summed E-state index contributed by atoms with van der Waals surface area (Å²) < 4.78 is 0. The van der Waals surface area contributed by atoms with E-state index >= 15 is 0 Å². The summed E-state index contributed by atoms with van der Waals surface area (Å²) in [6.07, 6.45) is 53.6. The van der Waals surface area contributed by atoms with Gasteiger partial charge in [-0.3, -0.25) is 4.79 Å². The van der Waals surface area contributed by atoms with E-state index in [1.807, 2.05) is 0 Å². The van der Waals surface area contributed by atoms with Crippen LogP contribution in [-0.2, 0) is 4.79 Å². The molecule has 15 unspecified atom stereocenters. The lowest BCUT2D eigenvalue weighted by Crippen LogP contribution is -2.65. The second-order valence-electron chi connectivity index (χ2n) is 59.7. The maximum atomic E-state index is 11.7. The highest BCUT2D eigenvalue weighted by molar-refractivity contribution is 5.66. The Morgan fingerprint density at radius 3 is 0.664 bits per heavy atom. The molecule has 0 aromatic carbocycles. The van der Waals surface area contributed by atoms with Crippen molar-refractivity contribution in [3.8, 4) is 0 Å². The fourth-order valence-electron chi connectivity index (χ4n) is 48.0. The molecule has 13 nitrogen and oxygen atoms in total. The van der Waals surface area contributed by atoms with E-state index in [4.69, 9.17) is 5.11 Å². The Bertz CT molecular complexity index is 3710. The third-order valence-corrected chi connectivity index (χ3v) is 54.5. The van der Waals surface area contributed by atoms with Gasteiger partial charge in [0.15, 0.2) is 0 Å². The summed E-state index contributed by atoms with van der Waals surface area (Å²) in [5.74, 6) is 18.8. The Morgan fingerprint density at radius 2 is 0.434 bits per heavy atom. The zero-order chi connectivity index (χ0) is 104. The molecule has 56 atom stereocenters. The number of aliphatic hydroxyl groups is 11. The lowest BCUT2D eigenvalue weighted by atomic mass is 9.40. The van der Waals surface area contributed by atoms with E-state index in [0.29, 0.717) is 186 Å². The van der Waals surface area contributed by atoms with Crippen LogP contribution in [0.1, 0.15) is 481 Å². The number of hydrogen-bond donors (Lipinski definition) is 12. The minimum absolute atomic E-state index is 0.0302. The van der Waals surface area contributed by atoms with Crippen LogP contribution >= 0.6 is 0 Å². The molecule has 20 aliphatic carbocycles. The molecule has 20 fully saturated rings. The van der Waals surface area contributed by atoms with Gasteiger partial charge in [-0.25, -0.2) is 0 Å². The van der Waals surface area contributed by atoms with Crippen molar-refractivity contribution in [1.29, 1.82) is 0 Å². The number of aliphatic hydroxyl groups excluding tert-OH is 11. The molecule has 0 aromatic rings. The van der Waals surface area contributed by atoms with E-state index in [0.717, 1.165) is 169 Å². The standard InChI is InChI=1S/C26H44O5.4C26H46O2/c1-5-16-19-12-15(27)10-11-25(19,3)23-20(28)13-26(4)17(14(2)6-9-21(29)30)7-8-18(26)22(23)24(16)31;4*1-6-8-16(3)19-9-10-20-23-21(12-14-25(19,20)4)26(5)13-11-17(27)15-22(26)18(7-2)24(23)28/h14-20,22-24,27-28,31H,5-13H2,1-4H3,(H,29,30);4*16-24,27-28H,6-15H2,1-5H3/t14-,15-,16-,17-,18?,19+,20+,22?,23?,24-,25+,26-;4*16-,17-,18-,19-,20?,21?,22+,23?,24-,25-,26-/m11111/s1. The molecule has 0 bridgehead atoms. The minimum atomic E-state index is -0.734. The van der Waals surface area contributed by atoms with E-state index in [9.17, 15) is 61.0 Å². The summed E-state index contributed by atoms with van der Waals surface area (Å²) >= 11 is 0. The highest BCUT2D eigenvalue weighted by Gasteiger charge is 2.73. The van der Waals surface area contributed by atoms with Gasteiger partial charge in [0.25, 0.3) is 0 Å². The molecule has 0 aliphatic heterocycles. The Labute approximate surface area is 875 Å². The topological polar surface area (TPSA) is 260 Å². The van der Waals surface area contributed by atoms with Crippen LogP contribution in [0.25, 0.3) is 0 Å².